The predicted molar refractivity (Wildman–Crippen MR) is 75.9 cm³/mol. The molecule has 0 fully saturated rings. The van der Waals surface area contributed by atoms with Gasteiger partial charge in [-0.1, -0.05) is 25.1 Å². The van der Waals surface area contributed by atoms with Crippen molar-refractivity contribution in [3.8, 4) is 0 Å². The number of hydrogen-bond donors (Lipinski definition) is 1. The molecule has 2 N–H and O–H groups in total. The van der Waals surface area contributed by atoms with Gasteiger partial charge in [-0.05, 0) is 31.4 Å². The van der Waals surface area contributed by atoms with Gasteiger partial charge in [0.25, 0.3) is 5.56 Å². The van der Waals surface area contributed by atoms with Crippen LogP contribution in [0, 0.1) is 13.8 Å². The van der Waals surface area contributed by atoms with E-state index in [9.17, 15) is 4.79 Å². The molecule has 1 unspecified atom stereocenters. The van der Waals surface area contributed by atoms with Crippen molar-refractivity contribution in [3.63, 3.8) is 0 Å². The third kappa shape index (κ3) is 2.18. The summed E-state index contributed by atoms with van der Waals surface area (Å²) < 4.78 is 1.81. The molecule has 0 radical (unpaired) electrons. The third-order valence-electron chi connectivity index (χ3n) is 3.48. The highest BCUT2D eigenvalue weighted by molar-refractivity contribution is 5.85. The predicted octanol–water partition coefficient (Wildman–Crippen LogP) is 2.36. The molecule has 3 heteroatoms. The Balaban J connectivity index is 2.75. The van der Waals surface area contributed by atoms with Gasteiger partial charge in [0.1, 0.15) is 0 Å². The average Bonchev–Trinajstić information content (AvgIpc) is 2.34. The highest BCUT2D eigenvalue weighted by atomic mass is 16.1. The van der Waals surface area contributed by atoms with E-state index < -0.39 is 0 Å². The molecule has 2 aromatic rings. The molecule has 0 saturated heterocycles. The van der Waals surface area contributed by atoms with Crippen molar-refractivity contribution < 1.29 is 0 Å². The standard InChI is InChI=1S/C15H20N2O/c1-4-12(16)9-17-14(18)8-11(3)13-7-5-6-10(2)15(13)17/h5-8,12H,4,9,16H2,1-3H3. The summed E-state index contributed by atoms with van der Waals surface area (Å²) in [5.74, 6) is 0. The van der Waals surface area contributed by atoms with Gasteiger partial charge in [0.15, 0.2) is 0 Å². The molecule has 0 bridgehead atoms. The molecule has 0 saturated carbocycles. The molecule has 0 aliphatic heterocycles. The fourth-order valence-corrected chi connectivity index (χ4v) is 2.33. The van der Waals surface area contributed by atoms with Crippen LogP contribution in [0.4, 0.5) is 0 Å². The minimum atomic E-state index is 0.0215. The summed E-state index contributed by atoms with van der Waals surface area (Å²) in [4.78, 5) is 12.2. The van der Waals surface area contributed by atoms with Gasteiger partial charge in [0.05, 0.1) is 5.52 Å². The Morgan fingerprint density at radius 3 is 2.67 bits per heavy atom. The number of pyridine rings is 1. The lowest BCUT2D eigenvalue weighted by molar-refractivity contribution is 0.538. The molecule has 18 heavy (non-hydrogen) atoms. The lowest BCUT2D eigenvalue weighted by Crippen LogP contribution is -2.32. The van der Waals surface area contributed by atoms with Crippen molar-refractivity contribution >= 4 is 10.9 Å². The van der Waals surface area contributed by atoms with Crippen LogP contribution in [0.1, 0.15) is 24.5 Å². The average molecular weight is 244 g/mol. The third-order valence-corrected chi connectivity index (χ3v) is 3.48. The first-order valence-corrected chi connectivity index (χ1v) is 6.40. The molecule has 1 aromatic carbocycles. The summed E-state index contributed by atoms with van der Waals surface area (Å²) in [5.41, 5.74) is 9.20. The molecule has 2 rings (SSSR count). The van der Waals surface area contributed by atoms with Crippen molar-refractivity contribution in [2.24, 2.45) is 5.73 Å². The van der Waals surface area contributed by atoms with Crippen molar-refractivity contribution in [3.05, 3.63) is 45.7 Å². The van der Waals surface area contributed by atoms with Crippen molar-refractivity contribution in [2.45, 2.75) is 39.8 Å². The maximum absolute atomic E-state index is 12.2. The zero-order chi connectivity index (χ0) is 13.3. The minimum absolute atomic E-state index is 0.0215. The van der Waals surface area contributed by atoms with Crippen LogP contribution in [0.3, 0.4) is 0 Å². The highest BCUT2D eigenvalue weighted by Crippen LogP contribution is 2.20. The molecule has 96 valence electrons. The number of rotatable bonds is 3. The fraction of sp³-hybridized carbons (Fsp3) is 0.400. The van der Waals surface area contributed by atoms with Crippen LogP contribution in [-0.2, 0) is 6.54 Å². The Kier molecular flexibility index (Phi) is 3.53. The van der Waals surface area contributed by atoms with E-state index >= 15 is 0 Å². The van der Waals surface area contributed by atoms with E-state index in [4.69, 9.17) is 5.73 Å². The number of para-hydroxylation sites is 1. The van der Waals surface area contributed by atoms with E-state index in [1.54, 1.807) is 6.07 Å². The summed E-state index contributed by atoms with van der Waals surface area (Å²) in [6.45, 7) is 6.64. The number of nitrogens with two attached hydrogens (primary N) is 1. The van der Waals surface area contributed by atoms with Gasteiger partial charge in [-0.15, -0.1) is 0 Å². The van der Waals surface area contributed by atoms with E-state index in [1.807, 2.05) is 37.5 Å². The quantitative estimate of drug-likeness (QED) is 0.901. The number of benzene rings is 1. The van der Waals surface area contributed by atoms with Gasteiger partial charge in [0, 0.05) is 24.0 Å². The number of fused-ring (bicyclic) bond motifs is 1. The SMILES string of the molecule is CCC(N)Cn1c(=O)cc(C)c2cccc(C)c21. The van der Waals surface area contributed by atoms with Crippen LogP contribution in [0.5, 0.6) is 0 Å². The second kappa shape index (κ2) is 4.94. The minimum Gasteiger partial charge on any atom is -0.326 e. The Hall–Kier alpha value is -1.61. The first-order valence-electron chi connectivity index (χ1n) is 6.40. The van der Waals surface area contributed by atoms with Crippen LogP contribution in [0.2, 0.25) is 0 Å². The zero-order valence-corrected chi connectivity index (χ0v) is 11.2. The second-order valence-electron chi connectivity index (χ2n) is 4.92. The molecule has 0 amide bonds. The highest BCUT2D eigenvalue weighted by Gasteiger charge is 2.10. The number of aromatic nitrogens is 1. The lowest BCUT2D eigenvalue weighted by atomic mass is 10.1. The van der Waals surface area contributed by atoms with Gasteiger partial charge >= 0.3 is 0 Å². The molecule has 1 aromatic heterocycles. The van der Waals surface area contributed by atoms with E-state index in [-0.39, 0.29) is 11.6 Å². The van der Waals surface area contributed by atoms with Gasteiger partial charge in [-0.2, -0.15) is 0 Å². The van der Waals surface area contributed by atoms with E-state index in [0.717, 1.165) is 28.5 Å². The zero-order valence-electron chi connectivity index (χ0n) is 11.2. The van der Waals surface area contributed by atoms with Crippen LogP contribution in [0.15, 0.2) is 29.1 Å². The van der Waals surface area contributed by atoms with Crippen molar-refractivity contribution in [1.82, 2.24) is 4.57 Å². The van der Waals surface area contributed by atoms with Crippen LogP contribution >= 0.6 is 0 Å². The molecule has 0 aliphatic carbocycles. The van der Waals surface area contributed by atoms with Crippen molar-refractivity contribution in [2.75, 3.05) is 0 Å². The van der Waals surface area contributed by atoms with E-state index in [2.05, 4.69) is 6.07 Å². The maximum Gasteiger partial charge on any atom is 0.251 e. The number of aryl methyl sites for hydroxylation is 2. The van der Waals surface area contributed by atoms with Crippen LogP contribution in [0.25, 0.3) is 10.9 Å². The van der Waals surface area contributed by atoms with Gasteiger partial charge in [0.2, 0.25) is 0 Å². The summed E-state index contributed by atoms with van der Waals surface area (Å²) in [6.07, 6.45) is 0.869. The summed E-state index contributed by atoms with van der Waals surface area (Å²) in [5, 5.41) is 1.14. The van der Waals surface area contributed by atoms with Gasteiger partial charge < -0.3 is 10.3 Å². The Morgan fingerprint density at radius 1 is 1.28 bits per heavy atom. The Morgan fingerprint density at radius 2 is 2.00 bits per heavy atom. The number of hydrogen-bond acceptors (Lipinski definition) is 2. The Bertz CT molecular complexity index is 628. The molecule has 3 nitrogen and oxygen atoms in total. The fourth-order valence-electron chi connectivity index (χ4n) is 2.33. The largest absolute Gasteiger partial charge is 0.326 e. The normalized spacial score (nSPS) is 12.9. The van der Waals surface area contributed by atoms with Crippen LogP contribution in [-0.4, -0.2) is 10.6 Å². The van der Waals surface area contributed by atoms with E-state index in [1.165, 1.54) is 0 Å². The first kappa shape index (κ1) is 12.8. The molecule has 1 heterocycles. The summed E-state index contributed by atoms with van der Waals surface area (Å²) in [6, 6.07) is 7.84. The number of nitrogens with zero attached hydrogens (tertiary/aromatic N) is 1. The lowest BCUT2D eigenvalue weighted by Gasteiger charge is -2.17. The molecule has 0 spiro atoms. The Labute approximate surface area is 107 Å². The monoisotopic (exact) mass is 244 g/mol. The van der Waals surface area contributed by atoms with Gasteiger partial charge in [-0.3, -0.25) is 4.79 Å². The molecule has 1 atom stereocenters. The second-order valence-corrected chi connectivity index (χ2v) is 4.92. The molecular weight excluding hydrogens is 224 g/mol. The first-order chi connectivity index (χ1) is 8.54. The molecular formula is C15H20N2O. The smallest absolute Gasteiger partial charge is 0.251 e. The maximum atomic E-state index is 12.2. The van der Waals surface area contributed by atoms with Crippen LogP contribution < -0.4 is 11.3 Å². The van der Waals surface area contributed by atoms with Gasteiger partial charge in [-0.25, -0.2) is 0 Å². The van der Waals surface area contributed by atoms with E-state index in [0.29, 0.717) is 6.54 Å². The summed E-state index contributed by atoms with van der Waals surface area (Å²) >= 11 is 0. The summed E-state index contributed by atoms with van der Waals surface area (Å²) in [7, 11) is 0. The van der Waals surface area contributed by atoms with Crippen molar-refractivity contribution in [1.29, 1.82) is 0 Å². The topological polar surface area (TPSA) is 48.0 Å². The molecule has 0 aliphatic rings.